The Balaban J connectivity index is 1.24. The van der Waals surface area contributed by atoms with Crippen molar-refractivity contribution < 1.29 is 57.8 Å². The summed E-state index contributed by atoms with van der Waals surface area (Å²) in [5, 5.41) is 22.5. The van der Waals surface area contributed by atoms with Crippen LogP contribution in [-0.2, 0) is 61.3 Å². The van der Waals surface area contributed by atoms with Crippen molar-refractivity contribution in [2.24, 2.45) is 0 Å². The summed E-state index contributed by atoms with van der Waals surface area (Å²) in [5.74, 6) is -4.13. The van der Waals surface area contributed by atoms with Crippen molar-refractivity contribution in [2.75, 3.05) is 13.6 Å². The van der Waals surface area contributed by atoms with Gasteiger partial charge in [0, 0.05) is 37.4 Å². The molecule has 0 amide bonds. The lowest BCUT2D eigenvalue weighted by Crippen LogP contribution is -2.74. The molecule has 2 fully saturated rings. The molecule has 1 spiro atoms. The molecule has 5 aliphatic rings. The number of hydrogen-bond acceptors (Lipinski definition) is 13. The number of hydrogen-bond donors (Lipinski definition) is 2. The first-order chi connectivity index (χ1) is 21.5. The number of aliphatic hydroxyl groups excluding tert-OH is 1. The predicted molar refractivity (Wildman–Crippen MR) is 157 cm³/mol. The maximum atomic E-state index is 13.5. The molecule has 6 atom stereocenters. The van der Waals surface area contributed by atoms with Gasteiger partial charge in [-0.15, -0.1) is 0 Å². The van der Waals surface area contributed by atoms with Crippen molar-refractivity contribution >= 4 is 23.9 Å². The van der Waals surface area contributed by atoms with Crippen molar-refractivity contribution in [3.63, 3.8) is 0 Å². The molecular formula is C33H41NO12. The SMILES string of the molecule is CN1CC[C@]23c4c5ccc(CO)c4O[C@H]2C(OC(=O)C[C@H](OC(=O)C[C@@H]2OC(C)(C)OC2=O)C(=O)OC(C)(C)C)=CC[C@@]3(O)[C@H]1C5. The van der Waals surface area contributed by atoms with Gasteiger partial charge in [-0.05, 0) is 58.8 Å². The zero-order valence-corrected chi connectivity index (χ0v) is 26.9. The van der Waals surface area contributed by atoms with E-state index in [0.29, 0.717) is 30.7 Å². The van der Waals surface area contributed by atoms with Gasteiger partial charge in [-0.1, -0.05) is 12.1 Å². The van der Waals surface area contributed by atoms with E-state index in [0.717, 1.165) is 11.1 Å². The van der Waals surface area contributed by atoms with Crippen LogP contribution in [0.1, 0.15) is 77.0 Å². The zero-order valence-electron chi connectivity index (χ0n) is 26.9. The highest BCUT2D eigenvalue weighted by Crippen LogP contribution is 2.64. The van der Waals surface area contributed by atoms with E-state index in [9.17, 15) is 29.4 Å². The lowest BCUT2D eigenvalue weighted by molar-refractivity contribution is -0.182. The van der Waals surface area contributed by atoms with Crippen LogP contribution in [-0.4, -0.2) is 93.9 Å². The molecule has 13 heteroatoms. The van der Waals surface area contributed by atoms with Gasteiger partial charge in [0.1, 0.15) is 17.1 Å². The highest BCUT2D eigenvalue weighted by Gasteiger charge is 2.72. The molecule has 6 rings (SSSR count). The first-order valence-corrected chi connectivity index (χ1v) is 15.6. The van der Waals surface area contributed by atoms with Gasteiger partial charge < -0.3 is 43.5 Å². The van der Waals surface area contributed by atoms with Crippen molar-refractivity contribution in [3.05, 3.63) is 40.7 Å². The van der Waals surface area contributed by atoms with E-state index in [1.165, 1.54) is 13.8 Å². The quantitative estimate of drug-likeness (QED) is 0.311. The van der Waals surface area contributed by atoms with Gasteiger partial charge in [0.2, 0.25) is 11.9 Å². The van der Waals surface area contributed by atoms with Crippen molar-refractivity contribution in [2.45, 2.75) is 120 Å². The van der Waals surface area contributed by atoms with Gasteiger partial charge in [-0.3, -0.25) is 9.59 Å². The monoisotopic (exact) mass is 643 g/mol. The molecule has 3 heterocycles. The van der Waals surface area contributed by atoms with E-state index in [1.807, 2.05) is 19.2 Å². The summed E-state index contributed by atoms with van der Waals surface area (Å²) in [6.07, 6.45) is -2.06. The number of aliphatic hydroxyl groups is 2. The Labute approximate surface area is 266 Å². The zero-order chi connectivity index (χ0) is 33.4. The number of carbonyl (C=O) groups is 4. The fourth-order valence-electron chi connectivity index (χ4n) is 7.70. The number of benzene rings is 1. The van der Waals surface area contributed by atoms with E-state index < -0.39 is 77.4 Å². The van der Waals surface area contributed by atoms with Crippen molar-refractivity contribution in [1.82, 2.24) is 4.90 Å². The summed E-state index contributed by atoms with van der Waals surface area (Å²) < 4.78 is 33.7. The number of cyclic esters (lactones) is 1. The normalized spacial score (nSPS) is 31.2. The molecule has 250 valence electrons. The number of piperidine rings is 1. The number of likely N-dealkylation sites (tertiary alicyclic amines) is 1. The second-order valence-corrected chi connectivity index (χ2v) is 14.2. The third-order valence-electron chi connectivity index (χ3n) is 9.54. The van der Waals surface area contributed by atoms with Gasteiger partial charge in [-0.2, -0.15) is 0 Å². The minimum absolute atomic E-state index is 0.171. The maximum Gasteiger partial charge on any atom is 0.348 e. The molecule has 1 aromatic rings. The minimum Gasteiger partial charge on any atom is -0.481 e. The Morgan fingerprint density at radius 3 is 2.57 bits per heavy atom. The Morgan fingerprint density at radius 2 is 1.91 bits per heavy atom. The molecule has 0 aromatic heterocycles. The number of ether oxygens (including phenoxy) is 6. The highest BCUT2D eigenvalue weighted by molar-refractivity contribution is 5.87. The van der Waals surface area contributed by atoms with E-state index in [4.69, 9.17) is 28.4 Å². The minimum atomic E-state index is -1.68. The van der Waals surface area contributed by atoms with Crippen LogP contribution < -0.4 is 4.74 Å². The fraction of sp³-hybridized carbons (Fsp3) is 0.636. The molecule has 0 radical (unpaired) electrons. The number of nitrogens with zero attached hydrogens (tertiary/aromatic N) is 1. The Kier molecular flexibility index (Phi) is 7.78. The molecule has 0 saturated carbocycles. The second-order valence-electron chi connectivity index (χ2n) is 14.2. The summed E-state index contributed by atoms with van der Waals surface area (Å²) in [6.45, 7) is 8.33. The molecular weight excluding hydrogens is 602 g/mol. The van der Waals surface area contributed by atoms with E-state index in [1.54, 1.807) is 26.8 Å². The molecule has 46 heavy (non-hydrogen) atoms. The van der Waals surface area contributed by atoms with Crippen LogP contribution in [0.4, 0.5) is 0 Å². The van der Waals surface area contributed by atoms with E-state index in [-0.39, 0.29) is 24.8 Å². The smallest absolute Gasteiger partial charge is 0.348 e. The van der Waals surface area contributed by atoms with Crippen LogP contribution in [0.25, 0.3) is 0 Å². The molecule has 2 N–H and O–H groups in total. The average molecular weight is 644 g/mol. The number of carbonyl (C=O) groups excluding carboxylic acids is 4. The molecule has 1 aromatic carbocycles. The molecule has 3 aliphatic heterocycles. The molecule has 2 bridgehead atoms. The van der Waals surface area contributed by atoms with Crippen molar-refractivity contribution in [3.8, 4) is 5.75 Å². The Morgan fingerprint density at radius 1 is 1.17 bits per heavy atom. The van der Waals surface area contributed by atoms with Crippen LogP contribution >= 0.6 is 0 Å². The summed E-state index contributed by atoms with van der Waals surface area (Å²) in [4.78, 5) is 53.7. The van der Waals surface area contributed by atoms with Gasteiger partial charge in [0.15, 0.2) is 12.2 Å². The number of likely N-dealkylation sites (N-methyl/N-ethyl adjacent to an activating group) is 1. The van der Waals surface area contributed by atoms with E-state index in [2.05, 4.69) is 4.90 Å². The summed E-state index contributed by atoms with van der Waals surface area (Å²) >= 11 is 0. The fourth-order valence-corrected chi connectivity index (χ4v) is 7.70. The van der Waals surface area contributed by atoms with Gasteiger partial charge >= 0.3 is 23.9 Å². The number of esters is 4. The van der Waals surface area contributed by atoms with Crippen LogP contribution in [0.5, 0.6) is 5.75 Å². The van der Waals surface area contributed by atoms with Gasteiger partial charge in [0.25, 0.3) is 0 Å². The molecule has 2 aliphatic carbocycles. The predicted octanol–water partition coefficient (Wildman–Crippen LogP) is 1.71. The first-order valence-electron chi connectivity index (χ1n) is 15.6. The topological polar surface area (TPSA) is 167 Å². The van der Waals surface area contributed by atoms with Crippen LogP contribution in [0.2, 0.25) is 0 Å². The van der Waals surface area contributed by atoms with Crippen molar-refractivity contribution in [1.29, 1.82) is 0 Å². The first kappa shape index (κ1) is 32.4. The van der Waals surface area contributed by atoms with Crippen LogP contribution in [0, 0.1) is 0 Å². The Hall–Kier alpha value is -3.52. The summed E-state index contributed by atoms with van der Waals surface area (Å²) in [7, 11) is 1.98. The second kappa shape index (κ2) is 11.0. The van der Waals surface area contributed by atoms with Gasteiger partial charge in [0.05, 0.1) is 30.5 Å². The maximum absolute atomic E-state index is 13.5. The van der Waals surface area contributed by atoms with Crippen LogP contribution in [0.3, 0.4) is 0 Å². The standard InChI is InChI=1S/C33H41NO12/c1-30(2,3)45-28(38)20(42-24(37)15-21-29(39)46-31(4,5)44-21)14-23(36)41-19-9-10-33(40)22-13-17-7-8-18(16-35)26-25(17)32(33,27(19)43-26)11-12-34(22)6/h7-9,20-22,27,35,40H,10-16H2,1-6H3/t20-,21-,22+,27-,32-,33+/m0/s1. The largest absolute Gasteiger partial charge is 0.481 e. The molecule has 0 unspecified atom stereocenters. The third-order valence-corrected chi connectivity index (χ3v) is 9.54. The number of rotatable bonds is 8. The van der Waals surface area contributed by atoms with Gasteiger partial charge in [-0.25, -0.2) is 9.59 Å². The van der Waals surface area contributed by atoms with Crippen LogP contribution in [0.15, 0.2) is 24.0 Å². The molecule has 13 nitrogen and oxygen atoms in total. The Bertz CT molecular complexity index is 1510. The summed E-state index contributed by atoms with van der Waals surface area (Å²) in [6, 6.07) is 3.57. The average Bonchev–Trinajstić information content (AvgIpc) is 3.43. The lowest BCUT2D eigenvalue weighted by Gasteiger charge is -2.61. The summed E-state index contributed by atoms with van der Waals surface area (Å²) in [5.41, 5.74) is -0.680. The lowest BCUT2D eigenvalue weighted by atomic mass is 9.50. The molecule has 2 saturated heterocycles. The third kappa shape index (κ3) is 5.26. The van der Waals surface area contributed by atoms with E-state index >= 15 is 0 Å². The highest BCUT2D eigenvalue weighted by atomic mass is 16.8.